The molecule has 1 fully saturated rings. The summed E-state index contributed by atoms with van der Waals surface area (Å²) in [7, 11) is 0. The highest BCUT2D eigenvalue weighted by Crippen LogP contribution is 2.13. The first-order chi connectivity index (χ1) is 6.25. The van der Waals surface area contributed by atoms with E-state index in [1.54, 1.807) is 0 Å². The van der Waals surface area contributed by atoms with E-state index in [1.807, 2.05) is 11.8 Å². The van der Waals surface area contributed by atoms with Crippen molar-refractivity contribution >= 4 is 17.5 Å². The van der Waals surface area contributed by atoms with Gasteiger partial charge >= 0.3 is 0 Å². The zero-order valence-electron chi connectivity index (χ0n) is 8.26. The molecule has 1 atom stereocenters. The molecular weight excluding hydrogens is 186 g/mol. The number of hydrogen-bond acceptors (Lipinski definition) is 1. The third-order valence-corrected chi connectivity index (χ3v) is 3.04. The van der Waals surface area contributed by atoms with E-state index in [9.17, 15) is 4.79 Å². The van der Waals surface area contributed by atoms with Crippen LogP contribution >= 0.6 is 11.6 Å². The Morgan fingerprint density at radius 3 is 2.31 bits per heavy atom. The molecule has 76 valence electrons. The zero-order chi connectivity index (χ0) is 9.68. The number of amides is 1. The molecule has 0 spiro atoms. The van der Waals surface area contributed by atoms with Crippen LogP contribution in [-0.2, 0) is 4.79 Å². The van der Waals surface area contributed by atoms with Crippen molar-refractivity contribution in [2.24, 2.45) is 0 Å². The highest BCUT2D eigenvalue weighted by Gasteiger charge is 2.21. The Labute approximate surface area is 85.2 Å². The van der Waals surface area contributed by atoms with Crippen molar-refractivity contribution in [2.75, 3.05) is 13.1 Å². The molecule has 3 heteroatoms. The summed E-state index contributed by atoms with van der Waals surface area (Å²) in [6.07, 6.45) is 5.51. The van der Waals surface area contributed by atoms with Gasteiger partial charge in [-0.15, -0.1) is 11.6 Å². The van der Waals surface area contributed by atoms with Crippen LogP contribution < -0.4 is 0 Å². The van der Waals surface area contributed by atoms with Gasteiger partial charge in [-0.25, -0.2) is 0 Å². The van der Waals surface area contributed by atoms with E-state index in [2.05, 4.69) is 0 Å². The molecule has 0 aromatic carbocycles. The van der Waals surface area contributed by atoms with Gasteiger partial charge in [0.05, 0.1) is 0 Å². The summed E-state index contributed by atoms with van der Waals surface area (Å²) in [6.45, 7) is 3.76. The second kappa shape index (κ2) is 5.48. The third-order valence-electron chi connectivity index (χ3n) is 2.54. The van der Waals surface area contributed by atoms with Crippen molar-refractivity contribution in [3.63, 3.8) is 0 Å². The molecular formula is C10H18ClNO. The lowest BCUT2D eigenvalue weighted by atomic mass is 10.2. The molecule has 0 aliphatic carbocycles. The maximum atomic E-state index is 11.7. The van der Waals surface area contributed by atoms with Gasteiger partial charge in [-0.1, -0.05) is 19.8 Å². The maximum Gasteiger partial charge on any atom is 0.240 e. The highest BCUT2D eigenvalue weighted by molar-refractivity contribution is 6.30. The average Bonchev–Trinajstić information content (AvgIpc) is 2.43. The van der Waals surface area contributed by atoms with Crippen LogP contribution in [0, 0.1) is 0 Å². The summed E-state index contributed by atoms with van der Waals surface area (Å²) in [5.41, 5.74) is 0. The van der Waals surface area contributed by atoms with Crippen molar-refractivity contribution < 1.29 is 4.79 Å². The molecule has 1 saturated heterocycles. The topological polar surface area (TPSA) is 20.3 Å². The summed E-state index contributed by atoms with van der Waals surface area (Å²) >= 11 is 5.91. The SMILES string of the molecule is CC[C@H](Cl)C(=O)N1CCCCCC1. The van der Waals surface area contributed by atoms with Gasteiger partial charge in [0.2, 0.25) is 5.91 Å². The Bertz CT molecular complexity index is 164. The van der Waals surface area contributed by atoms with Crippen molar-refractivity contribution in [1.82, 2.24) is 4.90 Å². The minimum absolute atomic E-state index is 0.131. The molecule has 0 bridgehead atoms. The van der Waals surface area contributed by atoms with Crippen LogP contribution in [0.2, 0.25) is 0 Å². The maximum absolute atomic E-state index is 11.7. The first kappa shape index (κ1) is 10.8. The smallest absolute Gasteiger partial charge is 0.240 e. The fraction of sp³-hybridized carbons (Fsp3) is 0.900. The highest BCUT2D eigenvalue weighted by atomic mass is 35.5. The molecule has 0 saturated carbocycles. The summed E-state index contributed by atoms with van der Waals surface area (Å²) in [6, 6.07) is 0. The first-order valence-electron chi connectivity index (χ1n) is 5.18. The number of carbonyl (C=O) groups is 1. The van der Waals surface area contributed by atoms with Crippen LogP contribution in [0.5, 0.6) is 0 Å². The lowest BCUT2D eigenvalue weighted by Crippen LogP contribution is -2.37. The van der Waals surface area contributed by atoms with Crippen LogP contribution in [0.1, 0.15) is 39.0 Å². The van der Waals surface area contributed by atoms with Crippen LogP contribution in [0.15, 0.2) is 0 Å². The van der Waals surface area contributed by atoms with E-state index < -0.39 is 0 Å². The predicted octanol–water partition coefficient (Wildman–Crippen LogP) is 2.41. The van der Waals surface area contributed by atoms with Crippen molar-refractivity contribution in [3.05, 3.63) is 0 Å². The second-order valence-corrected chi connectivity index (χ2v) is 4.14. The van der Waals surface area contributed by atoms with Gasteiger partial charge in [-0.05, 0) is 19.3 Å². The second-order valence-electron chi connectivity index (χ2n) is 3.62. The summed E-state index contributed by atoms with van der Waals surface area (Å²) in [5, 5.41) is -0.307. The number of alkyl halides is 1. The lowest BCUT2D eigenvalue weighted by molar-refractivity contribution is -0.130. The minimum Gasteiger partial charge on any atom is -0.341 e. The van der Waals surface area contributed by atoms with Gasteiger partial charge in [0, 0.05) is 13.1 Å². The number of carbonyl (C=O) groups excluding carboxylic acids is 1. The molecule has 1 rings (SSSR count). The van der Waals surface area contributed by atoms with Crippen LogP contribution in [0.3, 0.4) is 0 Å². The molecule has 1 aliphatic heterocycles. The molecule has 0 radical (unpaired) electrons. The fourth-order valence-corrected chi connectivity index (χ4v) is 1.80. The minimum atomic E-state index is -0.307. The van der Waals surface area contributed by atoms with E-state index >= 15 is 0 Å². The van der Waals surface area contributed by atoms with E-state index in [4.69, 9.17) is 11.6 Å². The molecule has 1 amide bonds. The average molecular weight is 204 g/mol. The molecule has 1 heterocycles. The van der Waals surface area contributed by atoms with E-state index in [0.29, 0.717) is 0 Å². The molecule has 0 aromatic rings. The van der Waals surface area contributed by atoms with Crippen LogP contribution in [0.25, 0.3) is 0 Å². The van der Waals surface area contributed by atoms with E-state index in [0.717, 1.165) is 32.4 Å². The quantitative estimate of drug-likeness (QED) is 0.632. The first-order valence-corrected chi connectivity index (χ1v) is 5.62. The molecule has 1 aliphatic rings. The number of rotatable bonds is 2. The standard InChI is InChI=1S/C10H18ClNO/c1-2-9(11)10(13)12-7-5-3-4-6-8-12/h9H,2-8H2,1H3/t9-/m0/s1. The number of likely N-dealkylation sites (tertiary alicyclic amines) is 1. The van der Waals surface area contributed by atoms with Crippen LogP contribution in [0.4, 0.5) is 0 Å². The molecule has 0 N–H and O–H groups in total. The number of nitrogens with zero attached hydrogens (tertiary/aromatic N) is 1. The van der Waals surface area contributed by atoms with Crippen molar-refractivity contribution in [2.45, 2.75) is 44.4 Å². The monoisotopic (exact) mass is 203 g/mol. The van der Waals surface area contributed by atoms with Crippen molar-refractivity contribution in [3.8, 4) is 0 Å². The Balaban J connectivity index is 2.43. The Hall–Kier alpha value is -0.240. The van der Waals surface area contributed by atoms with Gasteiger partial charge in [-0.3, -0.25) is 4.79 Å². The van der Waals surface area contributed by atoms with Crippen molar-refractivity contribution in [1.29, 1.82) is 0 Å². The Kier molecular flexibility index (Phi) is 4.57. The predicted molar refractivity (Wildman–Crippen MR) is 55.0 cm³/mol. The van der Waals surface area contributed by atoms with Gasteiger partial charge < -0.3 is 4.90 Å². The summed E-state index contributed by atoms with van der Waals surface area (Å²) < 4.78 is 0. The normalized spacial score (nSPS) is 20.9. The molecule has 0 aromatic heterocycles. The molecule has 2 nitrogen and oxygen atoms in total. The Morgan fingerprint density at radius 2 is 1.85 bits per heavy atom. The molecule has 0 unspecified atom stereocenters. The van der Waals surface area contributed by atoms with E-state index in [1.165, 1.54) is 12.8 Å². The fourth-order valence-electron chi connectivity index (χ4n) is 1.66. The van der Waals surface area contributed by atoms with Gasteiger partial charge in [0.1, 0.15) is 5.38 Å². The summed E-state index contributed by atoms with van der Waals surface area (Å²) in [4.78, 5) is 13.6. The summed E-state index contributed by atoms with van der Waals surface area (Å²) in [5.74, 6) is 0.131. The third kappa shape index (κ3) is 3.18. The largest absolute Gasteiger partial charge is 0.341 e. The van der Waals surface area contributed by atoms with Crippen LogP contribution in [-0.4, -0.2) is 29.3 Å². The van der Waals surface area contributed by atoms with E-state index in [-0.39, 0.29) is 11.3 Å². The number of hydrogen-bond donors (Lipinski definition) is 0. The lowest BCUT2D eigenvalue weighted by Gasteiger charge is -2.22. The zero-order valence-corrected chi connectivity index (χ0v) is 9.02. The number of halogens is 1. The van der Waals surface area contributed by atoms with Gasteiger partial charge in [0.25, 0.3) is 0 Å². The van der Waals surface area contributed by atoms with Gasteiger partial charge in [-0.2, -0.15) is 0 Å². The molecule has 13 heavy (non-hydrogen) atoms. The Morgan fingerprint density at radius 1 is 1.31 bits per heavy atom. The van der Waals surface area contributed by atoms with Gasteiger partial charge in [0.15, 0.2) is 0 Å².